The van der Waals surface area contributed by atoms with Crippen LogP contribution < -0.4 is 10.1 Å². The van der Waals surface area contributed by atoms with Crippen LogP contribution in [-0.4, -0.2) is 24.2 Å². The van der Waals surface area contributed by atoms with Gasteiger partial charge in [0.1, 0.15) is 5.75 Å². The second kappa shape index (κ2) is 8.34. The third kappa shape index (κ3) is 5.42. The van der Waals surface area contributed by atoms with Crippen molar-refractivity contribution in [1.29, 1.82) is 0 Å². The summed E-state index contributed by atoms with van der Waals surface area (Å²) in [5.74, 6) is 0.675. The van der Waals surface area contributed by atoms with Crippen LogP contribution in [-0.2, 0) is 11.2 Å². The lowest BCUT2D eigenvalue weighted by Crippen LogP contribution is -2.34. The van der Waals surface area contributed by atoms with Crippen molar-refractivity contribution < 1.29 is 14.6 Å². The van der Waals surface area contributed by atoms with E-state index in [0.29, 0.717) is 12.8 Å². The van der Waals surface area contributed by atoms with Crippen LogP contribution in [0.5, 0.6) is 5.75 Å². The van der Waals surface area contributed by atoms with E-state index in [4.69, 9.17) is 4.74 Å². The maximum absolute atomic E-state index is 12.1. The number of hydrogen-bond donors (Lipinski definition) is 2. The van der Waals surface area contributed by atoms with E-state index in [1.807, 2.05) is 61.5 Å². The highest BCUT2D eigenvalue weighted by Crippen LogP contribution is 2.18. The summed E-state index contributed by atoms with van der Waals surface area (Å²) >= 11 is 0. The predicted molar refractivity (Wildman–Crippen MR) is 90.3 cm³/mol. The number of amides is 1. The molecule has 2 aromatic carbocycles. The number of nitrogens with one attached hydrogen (secondary N) is 1. The molecule has 0 unspecified atom stereocenters. The number of ether oxygens (including phenoxy) is 1. The summed E-state index contributed by atoms with van der Waals surface area (Å²) in [4.78, 5) is 12.1. The van der Waals surface area contributed by atoms with Gasteiger partial charge in [0.05, 0.1) is 19.6 Å². The summed E-state index contributed by atoms with van der Waals surface area (Å²) in [7, 11) is 1.60. The van der Waals surface area contributed by atoms with Crippen molar-refractivity contribution in [3.63, 3.8) is 0 Å². The van der Waals surface area contributed by atoms with Gasteiger partial charge in [0, 0.05) is 6.04 Å². The number of carbonyl (C=O) groups is 1. The average molecular weight is 313 g/mol. The first kappa shape index (κ1) is 17.0. The van der Waals surface area contributed by atoms with E-state index >= 15 is 0 Å². The number of benzene rings is 2. The average Bonchev–Trinajstić information content (AvgIpc) is 2.55. The molecule has 0 heterocycles. The molecule has 2 atom stereocenters. The molecule has 0 saturated heterocycles. The zero-order chi connectivity index (χ0) is 16.7. The van der Waals surface area contributed by atoms with E-state index in [1.54, 1.807) is 7.11 Å². The van der Waals surface area contributed by atoms with Gasteiger partial charge in [-0.15, -0.1) is 0 Å². The van der Waals surface area contributed by atoms with Crippen molar-refractivity contribution in [2.24, 2.45) is 0 Å². The van der Waals surface area contributed by atoms with Gasteiger partial charge in [0.25, 0.3) is 0 Å². The molecule has 0 aliphatic rings. The topological polar surface area (TPSA) is 58.6 Å². The Morgan fingerprint density at radius 2 is 1.91 bits per heavy atom. The molecule has 0 saturated carbocycles. The smallest absolute Gasteiger partial charge is 0.224 e. The minimum Gasteiger partial charge on any atom is -0.497 e. The monoisotopic (exact) mass is 313 g/mol. The van der Waals surface area contributed by atoms with Crippen LogP contribution in [0.25, 0.3) is 0 Å². The van der Waals surface area contributed by atoms with E-state index in [0.717, 1.165) is 16.9 Å². The minimum atomic E-state index is -0.580. The molecule has 0 spiro atoms. The van der Waals surface area contributed by atoms with E-state index in [9.17, 15) is 9.90 Å². The number of aliphatic hydroxyl groups excluding tert-OH is 1. The molecule has 23 heavy (non-hydrogen) atoms. The predicted octanol–water partition coefficient (Wildman–Crippen LogP) is 2.87. The van der Waals surface area contributed by atoms with Crippen molar-refractivity contribution in [2.75, 3.05) is 7.11 Å². The van der Waals surface area contributed by atoms with Crippen molar-refractivity contribution in [1.82, 2.24) is 5.32 Å². The van der Waals surface area contributed by atoms with Crippen molar-refractivity contribution in [3.05, 3.63) is 65.7 Å². The van der Waals surface area contributed by atoms with E-state index in [2.05, 4.69) is 5.32 Å². The van der Waals surface area contributed by atoms with Crippen LogP contribution >= 0.6 is 0 Å². The first-order chi connectivity index (χ1) is 11.1. The van der Waals surface area contributed by atoms with E-state index in [-0.39, 0.29) is 11.9 Å². The van der Waals surface area contributed by atoms with Gasteiger partial charge in [-0.25, -0.2) is 0 Å². The van der Waals surface area contributed by atoms with Crippen molar-refractivity contribution in [3.8, 4) is 5.75 Å². The normalized spacial score (nSPS) is 13.2. The van der Waals surface area contributed by atoms with Crippen LogP contribution in [0.4, 0.5) is 0 Å². The molecule has 0 aromatic heterocycles. The van der Waals surface area contributed by atoms with Crippen LogP contribution in [0, 0.1) is 0 Å². The lowest BCUT2D eigenvalue weighted by Gasteiger charge is -2.18. The van der Waals surface area contributed by atoms with Gasteiger partial charge in [-0.2, -0.15) is 0 Å². The lowest BCUT2D eigenvalue weighted by molar-refractivity contribution is -0.121. The third-order valence-electron chi connectivity index (χ3n) is 3.67. The first-order valence-corrected chi connectivity index (χ1v) is 7.74. The SMILES string of the molecule is COc1cccc(CC(=O)N[C@H](C)C[C@H](O)c2ccccc2)c1. The lowest BCUT2D eigenvalue weighted by atomic mass is 10.0. The Kier molecular flexibility index (Phi) is 6.18. The molecule has 0 bridgehead atoms. The van der Waals surface area contributed by atoms with Crippen LogP contribution in [0.3, 0.4) is 0 Å². The van der Waals surface area contributed by atoms with Gasteiger partial charge in [0.2, 0.25) is 5.91 Å². The van der Waals surface area contributed by atoms with Gasteiger partial charge in [0.15, 0.2) is 0 Å². The Hall–Kier alpha value is -2.33. The Bertz CT molecular complexity index is 628. The van der Waals surface area contributed by atoms with Gasteiger partial charge < -0.3 is 15.2 Å². The number of aliphatic hydroxyl groups is 1. The van der Waals surface area contributed by atoms with Gasteiger partial charge in [-0.1, -0.05) is 42.5 Å². The molecule has 4 heteroatoms. The highest BCUT2D eigenvalue weighted by molar-refractivity contribution is 5.78. The standard InChI is InChI=1S/C19H23NO3/c1-14(11-18(21)16-8-4-3-5-9-16)20-19(22)13-15-7-6-10-17(12-15)23-2/h3-10,12,14,18,21H,11,13H2,1-2H3,(H,20,22)/t14-,18+/m1/s1. The second-order valence-electron chi connectivity index (χ2n) is 5.66. The molecule has 0 aliphatic carbocycles. The minimum absolute atomic E-state index is 0.0639. The molecule has 2 aromatic rings. The molecule has 0 fully saturated rings. The van der Waals surface area contributed by atoms with Crippen LogP contribution in [0.15, 0.2) is 54.6 Å². The fourth-order valence-corrected chi connectivity index (χ4v) is 2.50. The molecule has 2 N–H and O–H groups in total. The molecule has 4 nitrogen and oxygen atoms in total. The summed E-state index contributed by atoms with van der Waals surface area (Å²) in [6.45, 7) is 1.90. The maximum atomic E-state index is 12.1. The first-order valence-electron chi connectivity index (χ1n) is 7.74. The summed E-state index contributed by atoms with van der Waals surface area (Å²) < 4.78 is 5.15. The zero-order valence-electron chi connectivity index (χ0n) is 13.5. The molecular weight excluding hydrogens is 290 g/mol. The van der Waals surface area contributed by atoms with E-state index in [1.165, 1.54) is 0 Å². The zero-order valence-corrected chi connectivity index (χ0v) is 13.5. The molecular formula is C19H23NO3. The van der Waals surface area contributed by atoms with Crippen LogP contribution in [0.2, 0.25) is 0 Å². The molecule has 0 aliphatic heterocycles. The van der Waals surface area contributed by atoms with Crippen molar-refractivity contribution >= 4 is 5.91 Å². The fourth-order valence-electron chi connectivity index (χ4n) is 2.50. The second-order valence-corrected chi connectivity index (χ2v) is 5.66. The number of hydrogen-bond acceptors (Lipinski definition) is 3. The molecule has 2 rings (SSSR count). The number of methoxy groups -OCH3 is 1. The van der Waals surface area contributed by atoms with Crippen LogP contribution in [0.1, 0.15) is 30.6 Å². The summed E-state index contributed by atoms with van der Waals surface area (Å²) in [5, 5.41) is 13.1. The van der Waals surface area contributed by atoms with Crippen molar-refractivity contribution in [2.45, 2.75) is 31.9 Å². The van der Waals surface area contributed by atoms with Gasteiger partial charge in [-0.3, -0.25) is 4.79 Å². The maximum Gasteiger partial charge on any atom is 0.224 e. The highest BCUT2D eigenvalue weighted by Gasteiger charge is 2.14. The van der Waals surface area contributed by atoms with Gasteiger partial charge in [-0.05, 0) is 36.6 Å². The third-order valence-corrected chi connectivity index (χ3v) is 3.67. The molecule has 0 radical (unpaired) electrons. The Morgan fingerprint density at radius 3 is 2.61 bits per heavy atom. The van der Waals surface area contributed by atoms with E-state index < -0.39 is 6.10 Å². The summed E-state index contributed by atoms with van der Waals surface area (Å²) in [6.07, 6.45) is 0.194. The Morgan fingerprint density at radius 1 is 1.17 bits per heavy atom. The highest BCUT2D eigenvalue weighted by atomic mass is 16.5. The number of rotatable bonds is 7. The Labute approximate surface area is 137 Å². The summed E-state index contributed by atoms with van der Waals surface area (Å²) in [6, 6.07) is 16.8. The molecule has 1 amide bonds. The Balaban J connectivity index is 1.84. The quantitative estimate of drug-likeness (QED) is 0.826. The summed E-state index contributed by atoms with van der Waals surface area (Å²) in [5.41, 5.74) is 1.76. The van der Waals surface area contributed by atoms with Gasteiger partial charge >= 0.3 is 0 Å². The fraction of sp³-hybridized carbons (Fsp3) is 0.316. The number of carbonyl (C=O) groups excluding carboxylic acids is 1. The molecule has 122 valence electrons. The largest absolute Gasteiger partial charge is 0.497 e.